The molecular formula is C27H54ClNO4. The van der Waals surface area contributed by atoms with Gasteiger partial charge < -0.3 is 31.5 Å². The van der Waals surface area contributed by atoms with Crippen molar-refractivity contribution >= 4 is 5.97 Å². The molecule has 0 aromatic heterocycles. The Morgan fingerprint density at radius 2 is 1.33 bits per heavy atom. The number of ether oxygens (including phenoxy) is 2. The Bertz CT molecular complexity index is 469. The quantitative estimate of drug-likeness (QED) is 0.103. The number of carbonyl (C=O) groups is 1. The summed E-state index contributed by atoms with van der Waals surface area (Å²) in [6.45, 7) is 16.3. The molecule has 1 unspecified atom stereocenters. The molecule has 33 heavy (non-hydrogen) atoms. The molecule has 0 saturated carbocycles. The highest BCUT2D eigenvalue weighted by molar-refractivity contribution is 5.86. The van der Waals surface area contributed by atoms with E-state index in [4.69, 9.17) is 9.47 Å². The summed E-state index contributed by atoms with van der Waals surface area (Å²) in [7, 11) is 0. The summed E-state index contributed by atoms with van der Waals surface area (Å²) >= 11 is 0. The van der Waals surface area contributed by atoms with Gasteiger partial charge in [0.05, 0.1) is 19.7 Å². The van der Waals surface area contributed by atoms with Gasteiger partial charge in [-0.05, 0) is 27.2 Å². The van der Waals surface area contributed by atoms with Crippen molar-refractivity contribution in [3.8, 4) is 0 Å². The first-order valence-corrected chi connectivity index (χ1v) is 13.3. The van der Waals surface area contributed by atoms with Crippen LogP contribution >= 0.6 is 0 Å². The average Bonchev–Trinajstić information content (AvgIpc) is 2.78. The summed E-state index contributed by atoms with van der Waals surface area (Å²) < 4.78 is 11.7. The molecule has 0 aliphatic carbocycles. The zero-order valence-corrected chi connectivity index (χ0v) is 23.0. The standard InChI is InChI=1S/C27H54NO4.ClH/c1-6-9-10-11-12-13-14-15-16-17-18-19-21-31-24-26(29)23-28(7-2,8-3)20-22-32-27(30)25(4)5;/h26,29H,4,6-24H2,1-3,5H3;1H/q+1;/p-1. The Balaban J connectivity index is 0. The number of likely N-dealkylation sites (N-methyl/N-ethyl adjacent to an activating group) is 1. The molecular weight excluding hydrogens is 438 g/mol. The van der Waals surface area contributed by atoms with Gasteiger partial charge in [-0.1, -0.05) is 84.1 Å². The van der Waals surface area contributed by atoms with Gasteiger partial charge >= 0.3 is 5.97 Å². The molecule has 6 heteroatoms. The van der Waals surface area contributed by atoms with Gasteiger partial charge in [0.15, 0.2) is 0 Å². The average molecular weight is 492 g/mol. The Morgan fingerprint density at radius 1 is 0.848 bits per heavy atom. The lowest BCUT2D eigenvalue weighted by molar-refractivity contribution is -0.927. The van der Waals surface area contributed by atoms with E-state index in [2.05, 4.69) is 27.4 Å². The molecule has 0 spiro atoms. The third-order valence-corrected chi connectivity index (χ3v) is 6.54. The van der Waals surface area contributed by atoms with E-state index in [1.165, 1.54) is 70.6 Å². The fourth-order valence-electron chi connectivity index (χ4n) is 4.11. The van der Waals surface area contributed by atoms with E-state index < -0.39 is 6.10 Å². The van der Waals surface area contributed by atoms with E-state index >= 15 is 0 Å². The molecule has 0 fully saturated rings. The van der Waals surface area contributed by atoms with Gasteiger partial charge in [-0.3, -0.25) is 0 Å². The van der Waals surface area contributed by atoms with Crippen LogP contribution in [0.5, 0.6) is 0 Å². The molecule has 0 radical (unpaired) electrons. The smallest absolute Gasteiger partial charge is 0.333 e. The predicted octanol–water partition coefficient (Wildman–Crippen LogP) is 3.04. The molecule has 0 heterocycles. The van der Waals surface area contributed by atoms with E-state index in [0.29, 0.717) is 36.4 Å². The Morgan fingerprint density at radius 3 is 1.79 bits per heavy atom. The monoisotopic (exact) mass is 491 g/mol. The second-order valence-electron chi connectivity index (χ2n) is 9.41. The third-order valence-electron chi connectivity index (χ3n) is 6.54. The van der Waals surface area contributed by atoms with E-state index in [1.54, 1.807) is 6.92 Å². The number of carbonyl (C=O) groups excluding carboxylic acids is 1. The van der Waals surface area contributed by atoms with Crippen molar-refractivity contribution in [2.45, 2.75) is 111 Å². The zero-order valence-electron chi connectivity index (χ0n) is 22.2. The number of unbranched alkanes of at least 4 members (excludes halogenated alkanes) is 11. The van der Waals surface area contributed by atoms with E-state index in [9.17, 15) is 9.90 Å². The molecule has 198 valence electrons. The molecule has 0 amide bonds. The number of aliphatic hydroxyl groups excluding tert-OH is 1. The maximum Gasteiger partial charge on any atom is 0.333 e. The van der Waals surface area contributed by atoms with Gasteiger partial charge in [0.25, 0.3) is 0 Å². The van der Waals surface area contributed by atoms with Gasteiger partial charge in [-0.25, -0.2) is 4.79 Å². The van der Waals surface area contributed by atoms with Crippen molar-refractivity contribution in [1.29, 1.82) is 0 Å². The largest absolute Gasteiger partial charge is 1.00 e. The number of esters is 1. The fourth-order valence-corrected chi connectivity index (χ4v) is 4.11. The first kappa shape index (κ1) is 34.5. The van der Waals surface area contributed by atoms with Crippen LogP contribution in [-0.2, 0) is 14.3 Å². The van der Waals surface area contributed by atoms with Crippen LogP contribution in [0.25, 0.3) is 0 Å². The second kappa shape index (κ2) is 23.1. The lowest BCUT2D eigenvalue weighted by Gasteiger charge is -2.38. The number of hydrogen-bond donors (Lipinski definition) is 1. The molecule has 5 nitrogen and oxygen atoms in total. The summed E-state index contributed by atoms with van der Waals surface area (Å²) in [5.41, 5.74) is 0.419. The summed E-state index contributed by atoms with van der Waals surface area (Å²) in [4.78, 5) is 11.6. The second-order valence-corrected chi connectivity index (χ2v) is 9.41. The highest BCUT2D eigenvalue weighted by Gasteiger charge is 2.27. The molecule has 0 aromatic rings. The summed E-state index contributed by atoms with van der Waals surface area (Å²) in [5, 5.41) is 10.5. The van der Waals surface area contributed by atoms with Gasteiger partial charge in [-0.2, -0.15) is 0 Å². The van der Waals surface area contributed by atoms with Crippen LogP contribution in [0.4, 0.5) is 0 Å². The van der Waals surface area contributed by atoms with Crippen LogP contribution in [0, 0.1) is 0 Å². The Hall–Kier alpha value is -0.620. The van der Waals surface area contributed by atoms with Crippen LogP contribution in [0.1, 0.15) is 105 Å². The van der Waals surface area contributed by atoms with E-state index in [0.717, 1.165) is 26.1 Å². The van der Waals surface area contributed by atoms with Gasteiger partial charge in [0, 0.05) is 12.2 Å². The number of hydrogen-bond acceptors (Lipinski definition) is 4. The van der Waals surface area contributed by atoms with Crippen LogP contribution < -0.4 is 12.4 Å². The first-order chi connectivity index (χ1) is 15.4. The molecule has 1 N–H and O–H groups in total. The fraction of sp³-hybridized carbons (Fsp3) is 0.889. The maximum absolute atomic E-state index is 11.6. The summed E-state index contributed by atoms with van der Waals surface area (Å²) in [5.74, 6) is -0.346. The van der Waals surface area contributed by atoms with Gasteiger partial charge in [0.2, 0.25) is 0 Å². The lowest BCUT2D eigenvalue weighted by Crippen LogP contribution is -3.00. The lowest BCUT2D eigenvalue weighted by atomic mass is 10.1. The van der Waals surface area contributed by atoms with Crippen molar-refractivity contribution in [2.75, 3.05) is 46.0 Å². The van der Waals surface area contributed by atoms with Crippen molar-refractivity contribution in [1.82, 2.24) is 0 Å². The highest BCUT2D eigenvalue weighted by Crippen LogP contribution is 2.12. The first-order valence-electron chi connectivity index (χ1n) is 13.3. The van der Waals surface area contributed by atoms with Crippen LogP contribution in [0.2, 0.25) is 0 Å². The number of nitrogens with zero attached hydrogens (tertiary/aromatic N) is 1. The Labute approximate surface area is 211 Å². The Kier molecular flexibility index (Phi) is 24.2. The van der Waals surface area contributed by atoms with E-state index in [1.807, 2.05) is 0 Å². The van der Waals surface area contributed by atoms with Crippen LogP contribution in [0.3, 0.4) is 0 Å². The van der Waals surface area contributed by atoms with Crippen molar-refractivity contribution in [2.24, 2.45) is 0 Å². The minimum absolute atomic E-state index is 0. The van der Waals surface area contributed by atoms with Crippen LogP contribution in [0.15, 0.2) is 12.2 Å². The molecule has 1 atom stereocenters. The van der Waals surface area contributed by atoms with Crippen LogP contribution in [-0.4, -0.2) is 67.7 Å². The molecule has 0 aliphatic rings. The number of halogens is 1. The zero-order chi connectivity index (χ0) is 24.1. The highest BCUT2D eigenvalue weighted by atomic mass is 35.5. The van der Waals surface area contributed by atoms with Crippen molar-refractivity contribution in [3.05, 3.63) is 12.2 Å². The molecule has 0 bridgehead atoms. The third kappa shape index (κ3) is 19.4. The minimum atomic E-state index is -0.496. The van der Waals surface area contributed by atoms with Crippen molar-refractivity contribution < 1.29 is 36.3 Å². The minimum Gasteiger partial charge on any atom is -1.00 e. The molecule has 0 saturated heterocycles. The molecule has 0 rings (SSSR count). The summed E-state index contributed by atoms with van der Waals surface area (Å²) in [6, 6.07) is 0. The predicted molar refractivity (Wildman–Crippen MR) is 135 cm³/mol. The summed E-state index contributed by atoms with van der Waals surface area (Å²) in [6.07, 6.45) is 15.5. The molecule has 0 aromatic carbocycles. The topological polar surface area (TPSA) is 55.8 Å². The number of rotatable bonds is 23. The maximum atomic E-state index is 11.6. The number of quaternary nitrogens is 1. The van der Waals surface area contributed by atoms with Gasteiger partial charge in [0.1, 0.15) is 25.8 Å². The number of aliphatic hydroxyl groups is 1. The van der Waals surface area contributed by atoms with Crippen molar-refractivity contribution in [3.63, 3.8) is 0 Å². The normalized spacial score (nSPS) is 12.3. The van der Waals surface area contributed by atoms with Gasteiger partial charge in [-0.15, -0.1) is 0 Å². The van der Waals surface area contributed by atoms with E-state index in [-0.39, 0.29) is 18.4 Å². The SMILES string of the molecule is C=C(C)C(=O)OCC[N+](CC)(CC)CC(O)COCCCCCCCCCCCCCC.[Cl-]. The molecule has 0 aliphatic heterocycles.